The predicted molar refractivity (Wildman–Crippen MR) is 78.0 cm³/mol. The van der Waals surface area contributed by atoms with Gasteiger partial charge in [0, 0.05) is 30.9 Å². The number of nitrogens with zero attached hydrogens (tertiary/aromatic N) is 1. The molecule has 1 rings (SSSR count). The molecule has 0 fully saturated rings. The normalized spacial score (nSPS) is 11.4. The maximum Gasteiger partial charge on any atom is 0.191 e. The van der Waals surface area contributed by atoms with Gasteiger partial charge in [0.25, 0.3) is 0 Å². The molecule has 0 unspecified atom stereocenters. The first-order valence-corrected chi connectivity index (χ1v) is 7.21. The van der Waals surface area contributed by atoms with Gasteiger partial charge in [0.15, 0.2) is 5.96 Å². The van der Waals surface area contributed by atoms with Gasteiger partial charge in [0.1, 0.15) is 0 Å². The summed E-state index contributed by atoms with van der Waals surface area (Å²) in [4.78, 5) is 4.15. The molecule has 2 N–H and O–H groups in total. The molecule has 94 valence electrons. The van der Waals surface area contributed by atoms with Crippen molar-refractivity contribution < 1.29 is 0 Å². The Morgan fingerprint density at radius 3 is 2.88 bits per heavy atom. The second-order valence-electron chi connectivity index (χ2n) is 3.48. The third-order valence-electron chi connectivity index (χ3n) is 2.17. The highest BCUT2D eigenvalue weighted by Gasteiger charge is 1.98. The molecular weight excluding hydrogens is 254 g/mol. The molecule has 0 aliphatic rings. The zero-order chi connectivity index (χ0) is 12.5. The van der Waals surface area contributed by atoms with Crippen LogP contribution in [-0.2, 0) is 6.54 Å². The number of rotatable bonds is 5. The molecular formula is C12H18ClN3S. The van der Waals surface area contributed by atoms with Crippen molar-refractivity contribution in [2.45, 2.75) is 6.54 Å². The van der Waals surface area contributed by atoms with Gasteiger partial charge in [0.2, 0.25) is 0 Å². The van der Waals surface area contributed by atoms with E-state index in [1.54, 1.807) is 7.05 Å². The number of hydrogen-bond acceptors (Lipinski definition) is 2. The number of thioether (sulfide) groups is 1. The smallest absolute Gasteiger partial charge is 0.191 e. The molecule has 0 atom stereocenters. The SMILES string of the molecule is CN=C(NCCSC)NCc1cccc(Cl)c1. The highest BCUT2D eigenvalue weighted by Crippen LogP contribution is 2.10. The van der Waals surface area contributed by atoms with Crippen molar-refractivity contribution in [1.29, 1.82) is 0 Å². The van der Waals surface area contributed by atoms with E-state index in [-0.39, 0.29) is 0 Å². The molecule has 0 spiro atoms. The van der Waals surface area contributed by atoms with E-state index in [0.717, 1.165) is 35.4 Å². The second kappa shape index (κ2) is 8.25. The summed E-state index contributed by atoms with van der Waals surface area (Å²) in [5, 5.41) is 7.24. The van der Waals surface area contributed by atoms with Crippen molar-refractivity contribution in [2.75, 3.05) is 25.6 Å². The number of hydrogen-bond donors (Lipinski definition) is 2. The van der Waals surface area contributed by atoms with E-state index in [0.29, 0.717) is 0 Å². The molecule has 0 heterocycles. The van der Waals surface area contributed by atoms with Crippen LogP contribution in [0.4, 0.5) is 0 Å². The molecule has 0 aromatic heterocycles. The zero-order valence-electron chi connectivity index (χ0n) is 10.2. The molecule has 17 heavy (non-hydrogen) atoms. The van der Waals surface area contributed by atoms with Crippen molar-refractivity contribution in [2.24, 2.45) is 4.99 Å². The van der Waals surface area contributed by atoms with Crippen LogP contribution in [0.15, 0.2) is 29.3 Å². The van der Waals surface area contributed by atoms with Gasteiger partial charge in [0.05, 0.1) is 0 Å². The van der Waals surface area contributed by atoms with Crippen LogP contribution in [0.2, 0.25) is 5.02 Å². The Kier molecular flexibility index (Phi) is 6.89. The molecule has 0 amide bonds. The number of halogens is 1. The van der Waals surface area contributed by atoms with Gasteiger partial charge < -0.3 is 10.6 Å². The van der Waals surface area contributed by atoms with Crippen molar-refractivity contribution in [3.8, 4) is 0 Å². The van der Waals surface area contributed by atoms with E-state index in [9.17, 15) is 0 Å². The van der Waals surface area contributed by atoms with Crippen LogP contribution in [0.1, 0.15) is 5.56 Å². The summed E-state index contributed by atoms with van der Waals surface area (Å²) in [6, 6.07) is 7.80. The second-order valence-corrected chi connectivity index (χ2v) is 4.90. The lowest BCUT2D eigenvalue weighted by molar-refractivity contribution is 0.833. The van der Waals surface area contributed by atoms with Gasteiger partial charge in [-0.15, -0.1) is 0 Å². The topological polar surface area (TPSA) is 36.4 Å². The molecule has 3 nitrogen and oxygen atoms in total. The Morgan fingerprint density at radius 2 is 2.24 bits per heavy atom. The summed E-state index contributed by atoms with van der Waals surface area (Å²) in [5.74, 6) is 1.89. The summed E-state index contributed by atoms with van der Waals surface area (Å²) >= 11 is 7.73. The number of aliphatic imine (C=N–C) groups is 1. The maximum absolute atomic E-state index is 5.92. The minimum Gasteiger partial charge on any atom is -0.356 e. The summed E-state index contributed by atoms with van der Waals surface area (Å²) in [6.45, 7) is 1.63. The molecule has 0 radical (unpaired) electrons. The van der Waals surface area contributed by atoms with E-state index in [1.807, 2.05) is 36.0 Å². The fourth-order valence-electron chi connectivity index (χ4n) is 1.32. The van der Waals surface area contributed by atoms with Crippen molar-refractivity contribution >= 4 is 29.3 Å². The lowest BCUT2D eigenvalue weighted by Gasteiger charge is -2.11. The van der Waals surface area contributed by atoms with E-state index < -0.39 is 0 Å². The molecule has 0 saturated heterocycles. The van der Waals surface area contributed by atoms with E-state index >= 15 is 0 Å². The third-order valence-corrected chi connectivity index (χ3v) is 3.02. The minimum absolute atomic E-state index is 0.722. The summed E-state index contributed by atoms with van der Waals surface area (Å²) < 4.78 is 0. The van der Waals surface area contributed by atoms with Crippen molar-refractivity contribution in [3.63, 3.8) is 0 Å². The zero-order valence-corrected chi connectivity index (χ0v) is 11.7. The Balaban J connectivity index is 2.37. The first-order chi connectivity index (χ1) is 8.26. The van der Waals surface area contributed by atoms with Crippen LogP contribution in [0.3, 0.4) is 0 Å². The Bertz CT molecular complexity index is 369. The number of guanidine groups is 1. The fraction of sp³-hybridized carbons (Fsp3) is 0.417. The molecule has 0 aliphatic carbocycles. The van der Waals surface area contributed by atoms with Gasteiger partial charge >= 0.3 is 0 Å². The molecule has 0 saturated carbocycles. The third kappa shape index (κ3) is 5.84. The van der Waals surface area contributed by atoms with Crippen molar-refractivity contribution in [1.82, 2.24) is 10.6 Å². The lowest BCUT2D eigenvalue weighted by Crippen LogP contribution is -2.37. The standard InChI is InChI=1S/C12H18ClN3S/c1-14-12(15-6-7-17-2)16-9-10-4-3-5-11(13)8-10/h3-5,8H,6-7,9H2,1-2H3,(H2,14,15,16). The minimum atomic E-state index is 0.722. The average molecular weight is 272 g/mol. The van der Waals surface area contributed by atoms with Gasteiger partial charge in [-0.2, -0.15) is 11.8 Å². The Labute approximate surface area is 112 Å². The predicted octanol–water partition coefficient (Wildman–Crippen LogP) is 2.37. The monoisotopic (exact) mass is 271 g/mol. The van der Waals surface area contributed by atoms with E-state index in [1.165, 1.54) is 0 Å². The van der Waals surface area contributed by atoms with Gasteiger partial charge in [-0.1, -0.05) is 23.7 Å². The van der Waals surface area contributed by atoms with Crippen molar-refractivity contribution in [3.05, 3.63) is 34.9 Å². The van der Waals surface area contributed by atoms with Gasteiger partial charge in [-0.25, -0.2) is 0 Å². The van der Waals surface area contributed by atoms with Gasteiger partial charge in [-0.05, 0) is 24.0 Å². The first kappa shape index (κ1) is 14.2. The van der Waals surface area contributed by atoms with Crippen LogP contribution in [0.5, 0.6) is 0 Å². The quantitative estimate of drug-likeness (QED) is 0.490. The maximum atomic E-state index is 5.92. The summed E-state index contributed by atoms with van der Waals surface area (Å²) in [6.07, 6.45) is 2.09. The summed E-state index contributed by atoms with van der Waals surface area (Å²) in [7, 11) is 1.77. The Hall–Kier alpha value is -0.870. The highest BCUT2D eigenvalue weighted by atomic mass is 35.5. The van der Waals surface area contributed by atoms with Crippen LogP contribution < -0.4 is 10.6 Å². The first-order valence-electron chi connectivity index (χ1n) is 5.44. The van der Waals surface area contributed by atoms with Gasteiger partial charge in [-0.3, -0.25) is 4.99 Å². The van der Waals surface area contributed by atoms with Crippen LogP contribution in [0.25, 0.3) is 0 Å². The van der Waals surface area contributed by atoms with E-state index in [2.05, 4.69) is 21.9 Å². The fourth-order valence-corrected chi connectivity index (χ4v) is 1.84. The highest BCUT2D eigenvalue weighted by molar-refractivity contribution is 7.98. The molecule has 5 heteroatoms. The molecule has 1 aromatic carbocycles. The number of benzene rings is 1. The largest absolute Gasteiger partial charge is 0.356 e. The summed E-state index contributed by atoms with van der Waals surface area (Å²) in [5.41, 5.74) is 1.14. The van der Waals surface area contributed by atoms with Crippen LogP contribution in [-0.4, -0.2) is 31.6 Å². The van der Waals surface area contributed by atoms with Crippen LogP contribution >= 0.6 is 23.4 Å². The Morgan fingerprint density at radius 1 is 1.41 bits per heavy atom. The van der Waals surface area contributed by atoms with E-state index in [4.69, 9.17) is 11.6 Å². The van der Waals surface area contributed by atoms with Crippen LogP contribution in [0, 0.1) is 0 Å². The molecule has 1 aromatic rings. The average Bonchev–Trinajstić information content (AvgIpc) is 2.34. The number of nitrogens with one attached hydrogen (secondary N) is 2. The molecule has 0 aliphatic heterocycles. The lowest BCUT2D eigenvalue weighted by atomic mass is 10.2. The molecule has 0 bridgehead atoms.